The van der Waals surface area contributed by atoms with Crippen LogP contribution in [0.3, 0.4) is 0 Å². The normalized spacial score (nSPS) is 15.6. The number of nitrogens with zero attached hydrogens (tertiary/aromatic N) is 1. The molecule has 1 aliphatic rings. The van der Waals surface area contributed by atoms with Gasteiger partial charge in [-0.25, -0.2) is 9.37 Å². The van der Waals surface area contributed by atoms with Crippen molar-refractivity contribution in [3.8, 4) is 11.5 Å². The Morgan fingerprint density at radius 2 is 2.17 bits per heavy atom. The third-order valence-corrected chi connectivity index (χ3v) is 4.57. The molecule has 0 spiro atoms. The van der Waals surface area contributed by atoms with Gasteiger partial charge in [0.1, 0.15) is 12.1 Å². The summed E-state index contributed by atoms with van der Waals surface area (Å²) in [5.41, 5.74) is -0.602. The van der Waals surface area contributed by atoms with Crippen molar-refractivity contribution in [3.63, 3.8) is 0 Å². The van der Waals surface area contributed by atoms with E-state index in [1.807, 2.05) is 0 Å². The fourth-order valence-electron chi connectivity index (χ4n) is 2.71. The zero-order valence-corrected chi connectivity index (χ0v) is 14.1. The average Bonchev–Trinajstić information content (AvgIpc) is 2.94. The number of rotatable bonds is 5. The van der Waals surface area contributed by atoms with E-state index in [9.17, 15) is 14.0 Å². The molecule has 0 radical (unpaired) electrons. The molecule has 0 unspecified atom stereocenters. The zero-order valence-electron chi connectivity index (χ0n) is 12.5. The number of hydrogen-bond donors (Lipinski definition) is 2. The highest BCUT2D eigenvalue weighted by atomic mass is 79.9. The number of benzene rings is 1. The second-order valence-corrected chi connectivity index (χ2v) is 6.74. The zero-order chi connectivity index (χ0) is 17.3. The van der Waals surface area contributed by atoms with Crippen LogP contribution in [0.4, 0.5) is 4.39 Å². The molecule has 1 aromatic heterocycles. The van der Waals surface area contributed by atoms with Gasteiger partial charge >= 0.3 is 5.97 Å². The number of carboxylic acids is 1. The predicted octanol–water partition coefficient (Wildman–Crippen LogP) is 3.37. The van der Waals surface area contributed by atoms with Crippen LogP contribution in [-0.4, -0.2) is 27.5 Å². The molecule has 0 bridgehead atoms. The van der Waals surface area contributed by atoms with E-state index < -0.39 is 23.2 Å². The molecule has 6 nitrogen and oxygen atoms in total. The minimum atomic E-state index is -0.965. The van der Waals surface area contributed by atoms with Crippen LogP contribution < -0.4 is 5.32 Å². The van der Waals surface area contributed by atoms with Gasteiger partial charge in [0.2, 0.25) is 5.89 Å². The van der Waals surface area contributed by atoms with Gasteiger partial charge in [-0.05, 0) is 37.5 Å². The number of nitrogens with one attached hydrogen (secondary N) is 1. The number of carbonyl (C=O) groups excluding carboxylic acids is 1. The maximum absolute atomic E-state index is 13.9. The predicted molar refractivity (Wildman–Crippen MR) is 85.9 cm³/mol. The summed E-state index contributed by atoms with van der Waals surface area (Å²) in [5.74, 6) is -2.03. The molecule has 1 saturated carbocycles. The third kappa shape index (κ3) is 3.33. The second-order valence-electron chi connectivity index (χ2n) is 5.82. The van der Waals surface area contributed by atoms with Gasteiger partial charge < -0.3 is 14.8 Å². The standard InChI is InChI=1S/C16H14BrFN2O4/c17-9-2-3-10(11(18)6-9)15-19-12(8-24-15)14(23)20-16(4-1-5-16)7-13(21)22/h2-3,6,8H,1,4-5,7H2,(H,20,23)(H,21,22). The molecule has 8 heteroatoms. The average molecular weight is 397 g/mol. The smallest absolute Gasteiger partial charge is 0.305 e. The van der Waals surface area contributed by atoms with E-state index in [1.165, 1.54) is 12.1 Å². The van der Waals surface area contributed by atoms with E-state index in [2.05, 4.69) is 26.2 Å². The fourth-order valence-corrected chi connectivity index (χ4v) is 3.04. The molecule has 3 rings (SSSR count). The largest absolute Gasteiger partial charge is 0.481 e. The topological polar surface area (TPSA) is 92.4 Å². The van der Waals surface area contributed by atoms with Gasteiger partial charge in [-0.15, -0.1) is 0 Å². The Kier molecular flexibility index (Phi) is 4.40. The number of aromatic nitrogens is 1. The molecule has 1 amide bonds. The van der Waals surface area contributed by atoms with Gasteiger partial charge in [0, 0.05) is 4.47 Å². The Morgan fingerprint density at radius 1 is 1.42 bits per heavy atom. The number of carbonyl (C=O) groups is 2. The Balaban J connectivity index is 1.77. The van der Waals surface area contributed by atoms with Crippen molar-refractivity contribution >= 4 is 27.8 Å². The molecule has 0 atom stereocenters. The summed E-state index contributed by atoms with van der Waals surface area (Å²) >= 11 is 3.16. The van der Waals surface area contributed by atoms with Gasteiger partial charge in [-0.1, -0.05) is 15.9 Å². The first-order chi connectivity index (χ1) is 11.4. The number of oxazole rings is 1. The minimum absolute atomic E-state index is 0.00829. The van der Waals surface area contributed by atoms with Crippen LogP contribution in [0, 0.1) is 5.82 Å². The highest BCUT2D eigenvalue weighted by Gasteiger charge is 2.40. The van der Waals surface area contributed by atoms with Gasteiger partial charge in [0.25, 0.3) is 5.91 Å². The van der Waals surface area contributed by atoms with E-state index in [1.54, 1.807) is 6.07 Å². The van der Waals surface area contributed by atoms with E-state index in [4.69, 9.17) is 9.52 Å². The summed E-state index contributed by atoms with van der Waals surface area (Å²) in [4.78, 5) is 27.3. The van der Waals surface area contributed by atoms with Crippen LogP contribution in [0.25, 0.3) is 11.5 Å². The summed E-state index contributed by atoms with van der Waals surface area (Å²) in [5, 5.41) is 11.7. The molecule has 1 fully saturated rings. The first-order valence-corrected chi connectivity index (χ1v) is 8.13. The highest BCUT2D eigenvalue weighted by Crippen LogP contribution is 2.35. The first kappa shape index (κ1) is 16.6. The molecule has 1 aromatic carbocycles. The monoisotopic (exact) mass is 396 g/mol. The number of amides is 1. The maximum Gasteiger partial charge on any atom is 0.305 e. The number of halogens is 2. The Morgan fingerprint density at radius 3 is 2.75 bits per heavy atom. The van der Waals surface area contributed by atoms with Crippen molar-refractivity contribution in [1.29, 1.82) is 0 Å². The molecular weight excluding hydrogens is 383 g/mol. The van der Waals surface area contributed by atoms with Crippen LogP contribution >= 0.6 is 15.9 Å². The number of aliphatic carboxylic acids is 1. The molecule has 1 heterocycles. The lowest BCUT2D eigenvalue weighted by molar-refractivity contribution is -0.139. The molecule has 2 aromatic rings. The molecule has 126 valence electrons. The van der Waals surface area contributed by atoms with Gasteiger partial charge in [-0.2, -0.15) is 0 Å². The highest BCUT2D eigenvalue weighted by molar-refractivity contribution is 9.10. The van der Waals surface area contributed by atoms with E-state index in [-0.39, 0.29) is 23.6 Å². The Bertz CT molecular complexity index is 801. The Hall–Kier alpha value is -2.22. The minimum Gasteiger partial charge on any atom is -0.481 e. The lowest BCUT2D eigenvalue weighted by Gasteiger charge is -2.41. The van der Waals surface area contributed by atoms with Crippen molar-refractivity contribution in [2.24, 2.45) is 0 Å². The number of hydrogen-bond acceptors (Lipinski definition) is 4. The SMILES string of the molecule is O=C(O)CC1(NC(=O)c2coc(-c3ccc(Br)cc3F)n2)CCC1. The number of carboxylic acid groups (broad SMARTS) is 1. The quantitative estimate of drug-likeness (QED) is 0.807. The van der Waals surface area contributed by atoms with Crippen molar-refractivity contribution in [3.05, 3.63) is 40.4 Å². The summed E-state index contributed by atoms with van der Waals surface area (Å²) in [7, 11) is 0. The Labute approximate surface area is 145 Å². The van der Waals surface area contributed by atoms with Crippen LogP contribution in [0.15, 0.2) is 33.4 Å². The lowest BCUT2D eigenvalue weighted by atomic mass is 9.74. The van der Waals surface area contributed by atoms with Gasteiger partial charge in [0.15, 0.2) is 5.69 Å². The second kappa shape index (κ2) is 6.35. The lowest BCUT2D eigenvalue weighted by Crippen LogP contribution is -2.54. The maximum atomic E-state index is 13.9. The molecule has 24 heavy (non-hydrogen) atoms. The summed E-state index contributed by atoms with van der Waals surface area (Å²) in [6.45, 7) is 0. The van der Waals surface area contributed by atoms with E-state index >= 15 is 0 Å². The summed E-state index contributed by atoms with van der Waals surface area (Å²) < 4.78 is 19.7. The molecule has 1 aliphatic carbocycles. The van der Waals surface area contributed by atoms with Gasteiger partial charge in [-0.3, -0.25) is 9.59 Å². The van der Waals surface area contributed by atoms with Crippen molar-refractivity contribution < 1.29 is 23.5 Å². The molecule has 2 N–H and O–H groups in total. The van der Waals surface area contributed by atoms with E-state index in [0.29, 0.717) is 17.3 Å². The first-order valence-electron chi connectivity index (χ1n) is 7.34. The van der Waals surface area contributed by atoms with Crippen LogP contribution in [-0.2, 0) is 4.79 Å². The molecule has 0 aliphatic heterocycles. The third-order valence-electron chi connectivity index (χ3n) is 4.08. The van der Waals surface area contributed by atoms with E-state index in [0.717, 1.165) is 12.7 Å². The van der Waals surface area contributed by atoms with Crippen LogP contribution in [0.1, 0.15) is 36.2 Å². The van der Waals surface area contributed by atoms with Crippen molar-refractivity contribution in [2.45, 2.75) is 31.2 Å². The van der Waals surface area contributed by atoms with Crippen LogP contribution in [0.2, 0.25) is 0 Å². The molecular formula is C16H14BrFN2O4. The summed E-state index contributed by atoms with van der Waals surface area (Å²) in [6.07, 6.45) is 3.08. The van der Waals surface area contributed by atoms with Gasteiger partial charge in [0.05, 0.1) is 17.5 Å². The fraction of sp³-hybridized carbons (Fsp3) is 0.312. The molecule has 0 saturated heterocycles. The summed E-state index contributed by atoms with van der Waals surface area (Å²) in [6, 6.07) is 4.40. The van der Waals surface area contributed by atoms with Crippen molar-refractivity contribution in [1.82, 2.24) is 10.3 Å². The van der Waals surface area contributed by atoms with Crippen LogP contribution in [0.5, 0.6) is 0 Å². The van der Waals surface area contributed by atoms with Crippen molar-refractivity contribution in [2.75, 3.05) is 0 Å².